The maximum absolute atomic E-state index is 12.7. The molecule has 0 aliphatic rings. The number of hydrogen-bond donors (Lipinski definition) is 3. The molecule has 0 aliphatic carbocycles. The van der Waals surface area contributed by atoms with Crippen molar-refractivity contribution < 1.29 is 8.42 Å². The highest BCUT2D eigenvalue weighted by atomic mass is 32.2. The zero-order valence-corrected chi connectivity index (χ0v) is 16.0. The molecule has 0 fully saturated rings. The predicted octanol–water partition coefficient (Wildman–Crippen LogP) is 3.88. The number of thiocarbonyl (C=S) groups is 1. The number of para-hydroxylation sites is 1. The van der Waals surface area contributed by atoms with Gasteiger partial charge in [-0.2, -0.15) is 0 Å². The SMILES string of the molecule is CCCCNC(=S)Nc1ccc(C)c(S(=O)(=O)Nc2ccccc2)c1. The zero-order chi connectivity index (χ0) is 18.3. The minimum Gasteiger partial charge on any atom is -0.362 e. The van der Waals surface area contributed by atoms with E-state index in [1.165, 1.54) is 0 Å². The van der Waals surface area contributed by atoms with E-state index in [-0.39, 0.29) is 4.90 Å². The van der Waals surface area contributed by atoms with E-state index >= 15 is 0 Å². The van der Waals surface area contributed by atoms with Crippen molar-refractivity contribution in [1.29, 1.82) is 0 Å². The highest BCUT2D eigenvalue weighted by Crippen LogP contribution is 2.23. The molecule has 2 aromatic carbocycles. The Balaban J connectivity index is 2.16. The molecule has 0 atom stereocenters. The second kappa shape index (κ2) is 8.82. The maximum Gasteiger partial charge on any atom is 0.262 e. The lowest BCUT2D eigenvalue weighted by molar-refractivity contribution is 0.600. The zero-order valence-electron chi connectivity index (χ0n) is 14.4. The van der Waals surface area contributed by atoms with Gasteiger partial charge in [0.25, 0.3) is 10.0 Å². The quantitative estimate of drug-likeness (QED) is 0.504. The van der Waals surface area contributed by atoms with Gasteiger partial charge >= 0.3 is 0 Å². The van der Waals surface area contributed by atoms with Crippen LogP contribution in [0.5, 0.6) is 0 Å². The van der Waals surface area contributed by atoms with Crippen LogP contribution in [0.25, 0.3) is 0 Å². The molecular weight excluding hydrogens is 354 g/mol. The number of hydrogen-bond acceptors (Lipinski definition) is 3. The number of nitrogens with one attached hydrogen (secondary N) is 3. The normalized spacial score (nSPS) is 11.0. The Morgan fingerprint density at radius 3 is 2.48 bits per heavy atom. The summed E-state index contributed by atoms with van der Waals surface area (Å²) in [7, 11) is -3.68. The van der Waals surface area contributed by atoms with Crippen LogP contribution in [0.2, 0.25) is 0 Å². The van der Waals surface area contributed by atoms with Crippen molar-refractivity contribution in [2.75, 3.05) is 16.6 Å². The third kappa shape index (κ3) is 5.72. The molecule has 0 spiro atoms. The molecule has 2 aromatic rings. The number of aryl methyl sites for hydroxylation is 1. The van der Waals surface area contributed by atoms with Gasteiger partial charge in [0.15, 0.2) is 5.11 Å². The van der Waals surface area contributed by atoms with Crippen LogP contribution in [-0.4, -0.2) is 20.1 Å². The summed E-state index contributed by atoms with van der Waals surface area (Å²) in [6.07, 6.45) is 2.10. The number of rotatable bonds is 7. The summed E-state index contributed by atoms with van der Waals surface area (Å²) < 4.78 is 28.0. The fourth-order valence-electron chi connectivity index (χ4n) is 2.24. The Hall–Kier alpha value is -2.12. The molecule has 0 aromatic heterocycles. The summed E-state index contributed by atoms with van der Waals surface area (Å²) in [5, 5.41) is 6.62. The Bertz CT molecular complexity index is 821. The van der Waals surface area contributed by atoms with Gasteiger partial charge in [-0.15, -0.1) is 0 Å². The van der Waals surface area contributed by atoms with Gasteiger partial charge in [-0.3, -0.25) is 4.72 Å². The smallest absolute Gasteiger partial charge is 0.262 e. The molecule has 0 amide bonds. The fraction of sp³-hybridized carbons (Fsp3) is 0.278. The lowest BCUT2D eigenvalue weighted by Gasteiger charge is -2.14. The third-order valence-corrected chi connectivity index (χ3v) is 5.35. The molecule has 0 aliphatic heterocycles. The maximum atomic E-state index is 12.7. The molecule has 0 radical (unpaired) electrons. The van der Waals surface area contributed by atoms with Crippen molar-refractivity contribution in [1.82, 2.24) is 5.32 Å². The first kappa shape index (κ1) is 19.2. The van der Waals surface area contributed by atoms with Crippen LogP contribution < -0.4 is 15.4 Å². The summed E-state index contributed by atoms with van der Waals surface area (Å²) >= 11 is 5.24. The number of anilines is 2. The molecule has 2 rings (SSSR count). The molecule has 0 heterocycles. The van der Waals surface area contributed by atoms with Crippen molar-refractivity contribution in [3.05, 3.63) is 54.1 Å². The summed E-state index contributed by atoms with van der Waals surface area (Å²) in [5.74, 6) is 0. The largest absolute Gasteiger partial charge is 0.362 e. The van der Waals surface area contributed by atoms with E-state index in [0.29, 0.717) is 22.1 Å². The van der Waals surface area contributed by atoms with Crippen molar-refractivity contribution in [3.8, 4) is 0 Å². The summed E-state index contributed by atoms with van der Waals surface area (Å²) in [6.45, 7) is 4.66. The van der Waals surface area contributed by atoms with Gasteiger partial charge in [-0.25, -0.2) is 8.42 Å². The Kier molecular flexibility index (Phi) is 6.78. The average molecular weight is 378 g/mol. The van der Waals surface area contributed by atoms with Crippen LogP contribution in [0.4, 0.5) is 11.4 Å². The van der Waals surface area contributed by atoms with E-state index in [9.17, 15) is 8.42 Å². The van der Waals surface area contributed by atoms with Gasteiger partial charge < -0.3 is 10.6 Å². The van der Waals surface area contributed by atoms with E-state index in [1.54, 1.807) is 43.3 Å². The van der Waals surface area contributed by atoms with Crippen LogP contribution >= 0.6 is 12.2 Å². The Labute approximate surface area is 154 Å². The van der Waals surface area contributed by atoms with Crippen LogP contribution in [0.1, 0.15) is 25.3 Å². The third-order valence-electron chi connectivity index (χ3n) is 3.58. The highest BCUT2D eigenvalue weighted by Gasteiger charge is 2.17. The van der Waals surface area contributed by atoms with E-state index in [4.69, 9.17) is 12.2 Å². The monoisotopic (exact) mass is 377 g/mol. The first-order valence-corrected chi connectivity index (χ1v) is 10.0. The number of benzene rings is 2. The molecule has 134 valence electrons. The minimum absolute atomic E-state index is 0.220. The number of unbranched alkanes of at least 4 members (excludes halogenated alkanes) is 1. The van der Waals surface area contributed by atoms with E-state index < -0.39 is 10.0 Å². The van der Waals surface area contributed by atoms with Gasteiger partial charge in [-0.1, -0.05) is 37.6 Å². The fourth-order valence-corrected chi connectivity index (χ4v) is 3.79. The highest BCUT2D eigenvalue weighted by molar-refractivity contribution is 7.92. The first-order valence-electron chi connectivity index (χ1n) is 8.16. The molecular formula is C18H23N3O2S2. The topological polar surface area (TPSA) is 70.2 Å². The van der Waals surface area contributed by atoms with Gasteiger partial charge in [0, 0.05) is 17.9 Å². The molecule has 5 nitrogen and oxygen atoms in total. The van der Waals surface area contributed by atoms with Crippen molar-refractivity contribution >= 4 is 38.7 Å². The van der Waals surface area contributed by atoms with E-state index in [1.807, 2.05) is 12.1 Å². The van der Waals surface area contributed by atoms with Crippen molar-refractivity contribution in [3.63, 3.8) is 0 Å². The van der Waals surface area contributed by atoms with Gasteiger partial charge in [0.1, 0.15) is 0 Å². The predicted molar refractivity (Wildman–Crippen MR) is 108 cm³/mol. The number of sulfonamides is 1. The van der Waals surface area contributed by atoms with Gasteiger partial charge in [0.2, 0.25) is 0 Å². The van der Waals surface area contributed by atoms with E-state index in [2.05, 4.69) is 22.3 Å². The second-order valence-electron chi connectivity index (χ2n) is 5.69. The summed E-state index contributed by atoms with van der Waals surface area (Å²) in [5.41, 5.74) is 1.82. The second-order valence-corrected chi connectivity index (χ2v) is 7.75. The Morgan fingerprint density at radius 1 is 1.08 bits per heavy atom. The first-order chi connectivity index (χ1) is 11.9. The van der Waals surface area contributed by atoms with Crippen LogP contribution in [-0.2, 0) is 10.0 Å². The van der Waals surface area contributed by atoms with Crippen molar-refractivity contribution in [2.24, 2.45) is 0 Å². The van der Waals surface area contributed by atoms with Crippen molar-refractivity contribution in [2.45, 2.75) is 31.6 Å². The van der Waals surface area contributed by atoms with E-state index in [0.717, 1.165) is 19.4 Å². The molecule has 25 heavy (non-hydrogen) atoms. The van der Waals surface area contributed by atoms with Gasteiger partial charge in [-0.05, 0) is 55.4 Å². The Morgan fingerprint density at radius 2 is 1.80 bits per heavy atom. The lowest BCUT2D eigenvalue weighted by Crippen LogP contribution is -2.29. The molecule has 7 heteroatoms. The molecule has 0 bridgehead atoms. The van der Waals surface area contributed by atoms with Crippen LogP contribution in [0.15, 0.2) is 53.4 Å². The standard InChI is InChI=1S/C18H23N3O2S2/c1-3-4-12-19-18(24)20-16-11-10-14(2)17(13-16)25(22,23)21-15-8-6-5-7-9-15/h5-11,13,21H,3-4,12H2,1-2H3,(H2,19,20,24). The average Bonchev–Trinajstić information content (AvgIpc) is 2.57. The molecule has 3 N–H and O–H groups in total. The molecule has 0 saturated carbocycles. The van der Waals surface area contributed by atoms with Crippen LogP contribution in [0, 0.1) is 6.92 Å². The van der Waals surface area contributed by atoms with Crippen LogP contribution in [0.3, 0.4) is 0 Å². The van der Waals surface area contributed by atoms with Gasteiger partial charge in [0.05, 0.1) is 4.90 Å². The minimum atomic E-state index is -3.68. The summed E-state index contributed by atoms with van der Waals surface area (Å²) in [6, 6.07) is 14.0. The lowest BCUT2D eigenvalue weighted by atomic mass is 10.2. The molecule has 0 saturated heterocycles. The summed E-state index contributed by atoms with van der Waals surface area (Å²) in [4.78, 5) is 0.220. The molecule has 0 unspecified atom stereocenters.